The first-order chi connectivity index (χ1) is 10.8. The Kier molecular flexibility index (Phi) is 4.22. The van der Waals surface area contributed by atoms with Crippen molar-refractivity contribution in [3.8, 4) is 11.8 Å². The summed E-state index contributed by atoms with van der Waals surface area (Å²) in [6.07, 6.45) is 5.44. The molecular formula is C17H13BrN4. The average molecular weight is 353 g/mol. The van der Waals surface area contributed by atoms with Gasteiger partial charge in [0.1, 0.15) is 6.07 Å². The highest BCUT2D eigenvalue weighted by molar-refractivity contribution is 9.10. The van der Waals surface area contributed by atoms with E-state index in [1.165, 1.54) is 0 Å². The molecule has 0 aliphatic rings. The molecule has 3 rings (SSSR count). The highest BCUT2D eigenvalue weighted by Gasteiger charge is 2.03. The van der Waals surface area contributed by atoms with Gasteiger partial charge in [0.15, 0.2) is 0 Å². The van der Waals surface area contributed by atoms with Gasteiger partial charge in [-0.25, -0.2) is 4.98 Å². The van der Waals surface area contributed by atoms with E-state index in [0.717, 1.165) is 21.4 Å². The van der Waals surface area contributed by atoms with Gasteiger partial charge in [-0.05, 0) is 35.9 Å². The molecule has 108 valence electrons. The average Bonchev–Trinajstić information content (AvgIpc) is 3.08. The predicted octanol–water partition coefficient (Wildman–Crippen LogP) is 4.12. The van der Waals surface area contributed by atoms with E-state index in [1.807, 2.05) is 41.1 Å². The van der Waals surface area contributed by atoms with Crippen molar-refractivity contribution in [3.05, 3.63) is 76.8 Å². The van der Waals surface area contributed by atoms with Crippen molar-refractivity contribution in [2.45, 2.75) is 6.54 Å². The summed E-state index contributed by atoms with van der Waals surface area (Å²) >= 11 is 3.37. The Labute approximate surface area is 137 Å². The van der Waals surface area contributed by atoms with Crippen molar-refractivity contribution in [2.75, 3.05) is 5.32 Å². The summed E-state index contributed by atoms with van der Waals surface area (Å²) in [7, 11) is 0. The van der Waals surface area contributed by atoms with Crippen LogP contribution in [0.1, 0.15) is 11.1 Å². The lowest BCUT2D eigenvalue weighted by Gasteiger charge is -2.09. The first-order valence-electron chi connectivity index (χ1n) is 6.77. The zero-order valence-electron chi connectivity index (χ0n) is 11.7. The quantitative estimate of drug-likeness (QED) is 0.768. The van der Waals surface area contributed by atoms with Gasteiger partial charge in [0.05, 0.1) is 17.6 Å². The predicted molar refractivity (Wildman–Crippen MR) is 89.7 cm³/mol. The fourth-order valence-corrected chi connectivity index (χ4v) is 2.52. The summed E-state index contributed by atoms with van der Waals surface area (Å²) in [5.41, 5.74) is 3.69. The third-order valence-electron chi connectivity index (χ3n) is 3.32. The largest absolute Gasteiger partial charge is 0.380 e. The zero-order chi connectivity index (χ0) is 15.4. The van der Waals surface area contributed by atoms with Crippen molar-refractivity contribution < 1.29 is 0 Å². The number of hydrogen-bond donors (Lipinski definition) is 1. The number of anilines is 1. The molecular weight excluding hydrogens is 340 g/mol. The Hall–Kier alpha value is -2.58. The Morgan fingerprint density at radius 2 is 2.00 bits per heavy atom. The van der Waals surface area contributed by atoms with E-state index in [9.17, 15) is 0 Å². The van der Waals surface area contributed by atoms with Gasteiger partial charge in [-0.15, -0.1) is 0 Å². The summed E-state index contributed by atoms with van der Waals surface area (Å²) in [6.45, 7) is 0.667. The van der Waals surface area contributed by atoms with Crippen LogP contribution in [0, 0.1) is 11.3 Å². The normalized spacial score (nSPS) is 10.2. The van der Waals surface area contributed by atoms with E-state index in [4.69, 9.17) is 5.26 Å². The second-order valence-corrected chi connectivity index (χ2v) is 5.71. The van der Waals surface area contributed by atoms with Crippen molar-refractivity contribution in [1.29, 1.82) is 5.26 Å². The number of imidazole rings is 1. The Morgan fingerprint density at radius 3 is 2.68 bits per heavy atom. The van der Waals surface area contributed by atoms with Crippen LogP contribution in [0.5, 0.6) is 0 Å². The minimum absolute atomic E-state index is 0.629. The van der Waals surface area contributed by atoms with Gasteiger partial charge in [-0.2, -0.15) is 5.26 Å². The van der Waals surface area contributed by atoms with Crippen LogP contribution in [0.3, 0.4) is 0 Å². The van der Waals surface area contributed by atoms with Crippen LogP contribution in [0.2, 0.25) is 0 Å². The van der Waals surface area contributed by atoms with Gasteiger partial charge >= 0.3 is 0 Å². The highest BCUT2D eigenvalue weighted by Crippen LogP contribution is 2.21. The monoisotopic (exact) mass is 352 g/mol. The molecule has 3 aromatic rings. The number of hydrogen-bond acceptors (Lipinski definition) is 3. The standard InChI is InChI=1S/C17H13BrN4/c18-15-3-6-17(14(9-15)10-19)21-11-13-1-4-16(5-2-13)22-8-7-20-12-22/h1-9,12,21H,11H2. The van der Waals surface area contributed by atoms with Gasteiger partial charge in [-0.3, -0.25) is 0 Å². The lowest BCUT2D eigenvalue weighted by molar-refractivity contribution is 1.05. The maximum absolute atomic E-state index is 9.16. The molecule has 5 heteroatoms. The Balaban J connectivity index is 1.71. The van der Waals surface area contributed by atoms with Crippen LogP contribution >= 0.6 is 15.9 Å². The molecule has 0 saturated carbocycles. The second kappa shape index (κ2) is 6.46. The first-order valence-corrected chi connectivity index (χ1v) is 7.56. The maximum atomic E-state index is 9.16. The van der Waals surface area contributed by atoms with Crippen LogP contribution in [-0.4, -0.2) is 9.55 Å². The van der Waals surface area contributed by atoms with Crippen LogP contribution in [-0.2, 0) is 6.54 Å². The molecule has 0 spiro atoms. The van der Waals surface area contributed by atoms with Crippen molar-refractivity contribution >= 4 is 21.6 Å². The molecule has 1 aromatic heterocycles. The highest BCUT2D eigenvalue weighted by atomic mass is 79.9. The van der Waals surface area contributed by atoms with E-state index >= 15 is 0 Å². The molecule has 1 heterocycles. The summed E-state index contributed by atoms with van der Waals surface area (Å²) < 4.78 is 2.86. The number of nitriles is 1. The SMILES string of the molecule is N#Cc1cc(Br)ccc1NCc1ccc(-n2ccnc2)cc1. The lowest BCUT2D eigenvalue weighted by Crippen LogP contribution is -2.01. The van der Waals surface area contributed by atoms with Gasteiger partial charge in [-0.1, -0.05) is 28.1 Å². The Morgan fingerprint density at radius 1 is 1.18 bits per heavy atom. The van der Waals surface area contributed by atoms with Crippen LogP contribution < -0.4 is 5.32 Å². The molecule has 22 heavy (non-hydrogen) atoms. The van der Waals surface area contributed by atoms with Gasteiger partial charge in [0, 0.05) is 29.1 Å². The molecule has 2 aromatic carbocycles. The third-order valence-corrected chi connectivity index (χ3v) is 3.82. The molecule has 0 unspecified atom stereocenters. The summed E-state index contributed by atoms with van der Waals surface area (Å²) in [6, 6.07) is 16.1. The van der Waals surface area contributed by atoms with E-state index in [1.54, 1.807) is 12.5 Å². The minimum atomic E-state index is 0.629. The van der Waals surface area contributed by atoms with Gasteiger partial charge < -0.3 is 9.88 Å². The molecule has 0 aliphatic heterocycles. The molecule has 0 amide bonds. The molecule has 1 N–H and O–H groups in total. The number of halogens is 1. The van der Waals surface area contributed by atoms with Crippen molar-refractivity contribution in [3.63, 3.8) is 0 Å². The van der Waals surface area contributed by atoms with E-state index < -0.39 is 0 Å². The molecule has 4 nitrogen and oxygen atoms in total. The number of aromatic nitrogens is 2. The van der Waals surface area contributed by atoms with Gasteiger partial charge in [0.2, 0.25) is 0 Å². The van der Waals surface area contributed by atoms with E-state index in [0.29, 0.717) is 12.1 Å². The Bertz CT molecular complexity index is 802. The fourth-order valence-electron chi connectivity index (χ4n) is 2.16. The lowest BCUT2D eigenvalue weighted by atomic mass is 10.1. The molecule has 0 fully saturated rings. The zero-order valence-corrected chi connectivity index (χ0v) is 13.3. The van der Waals surface area contributed by atoms with Crippen molar-refractivity contribution in [2.24, 2.45) is 0 Å². The fraction of sp³-hybridized carbons (Fsp3) is 0.0588. The number of nitrogens with zero attached hydrogens (tertiary/aromatic N) is 3. The third kappa shape index (κ3) is 3.18. The summed E-state index contributed by atoms with van der Waals surface area (Å²) in [5, 5.41) is 12.5. The number of nitrogens with one attached hydrogen (secondary N) is 1. The molecule has 0 aliphatic carbocycles. The number of benzene rings is 2. The molecule has 0 atom stereocenters. The maximum Gasteiger partial charge on any atom is 0.101 e. The minimum Gasteiger partial charge on any atom is -0.380 e. The molecule has 0 radical (unpaired) electrons. The van der Waals surface area contributed by atoms with Crippen molar-refractivity contribution in [1.82, 2.24) is 9.55 Å². The number of rotatable bonds is 4. The first kappa shape index (κ1) is 14.4. The second-order valence-electron chi connectivity index (χ2n) is 4.79. The van der Waals surface area contributed by atoms with Crippen LogP contribution in [0.25, 0.3) is 5.69 Å². The summed E-state index contributed by atoms with van der Waals surface area (Å²) in [5.74, 6) is 0. The van der Waals surface area contributed by atoms with E-state index in [2.05, 4.69) is 44.4 Å². The summed E-state index contributed by atoms with van der Waals surface area (Å²) in [4.78, 5) is 4.04. The van der Waals surface area contributed by atoms with Gasteiger partial charge in [0.25, 0.3) is 0 Å². The molecule has 0 bridgehead atoms. The van der Waals surface area contributed by atoms with Crippen LogP contribution in [0.15, 0.2) is 65.7 Å². The van der Waals surface area contributed by atoms with Crippen LogP contribution in [0.4, 0.5) is 5.69 Å². The van der Waals surface area contributed by atoms with E-state index in [-0.39, 0.29) is 0 Å². The smallest absolute Gasteiger partial charge is 0.101 e. The topological polar surface area (TPSA) is 53.6 Å². The molecule has 0 saturated heterocycles.